The first-order chi connectivity index (χ1) is 10.1. The van der Waals surface area contributed by atoms with Crippen molar-refractivity contribution in [2.24, 2.45) is 0 Å². The van der Waals surface area contributed by atoms with Gasteiger partial charge in [0.1, 0.15) is 0 Å². The van der Waals surface area contributed by atoms with Gasteiger partial charge in [-0.3, -0.25) is 0 Å². The van der Waals surface area contributed by atoms with Gasteiger partial charge in [0, 0.05) is 0 Å². The maximum absolute atomic E-state index is 2.23. The lowest BCUT2D eigenvalue weighted by Gasteiger charge is -1.93. The first-order valence-electron chi connectivity index (χ1n) is 8.15. The molecule has 116 valence electrons. The van der Waals surface area contributed by atoms with Crippen LogP contribution >= 0.6 is 0 Å². The fourth-order valence-electron chi connectivity index (χ4n) is 1.70. The topological polar surface area (TPSA) is 0 Å². The molecule has 0 fully saturated rings. The number of benzene rings is 2. The van der Waals surface area contributed by atoms with Crippen molar-refractivity contribution in [3.63, 3.8) is 0 Å². The van der Waals surface area contributed by atoms with Crippen molar-refractivity contribution in [2.45, 2.75) is 60.3 Å². The molecule has 0 saturated heterocycles. The van der Waals surface area contributed by atoms with Crippen molar-refractivity contribution in [1.82, 2.24) is 0 Å². The first kappa shape index (κ1) is 19.4. The second kappa shape index (κ2) is 13.4. The summed E-state index contributed by atoms with van der Waals surface area (Å²) in [5.41, 5.74) is 4.06. The second-order valence-electron chi connectivity index (χ2n) is 5.45. The van der Waals surface area contributed by atoms with Crippen LogP contribution in [-0.4, -0.2) is 0 Å². The van der Waals surface area contributed by atoms with Gasteiger partial charge in [-0.05, 0) is 31.9 Å². The zero-order valence-corrected chi connectivity index (χ0v) is 14.5. The Hall–Kier alpha value is -1.56. The molecule has 0 aromatic heterocycles. The number of aryl methyl sites for hydroxylation is 3. The Labute approximate surface area is 132 Å². The van der Waals surface area contributed by atoms with Crippen LogP contribution in [0.25, 0.3) is 0 Å². The van der Waals surface area contributed by atoms with Crippen molar-refractivity contribution < 1.29 is 0 Å². The Morgan fingerprint density at radius 2 is 0.952 bits per heavy atom. The molecule has 2 aromatic carbocycles. The smallest absolute Gasteiger partial charge is 0.0395 e. The molecule has 21 heavy (non-hydrogen) atoms. The number of rotatable bonds is 3. The van der Waals surface area contributed by atoms with Gasteiger partial charge < -0.3 is 0 Å². The molecule has 0 spiro atoms. The largest absolute Gasteiger partial charge is 0.0654 e. The molecule has 0 atom stereocenters. The number of hydrogen-bond donors (Lipinski definition) is 0. The molecule has 0 N–H and O–H groups in total. The minimum absolute atomic E-state index is 1.32. The fraction of sp³-hybridized carbons (Fsp3) is 0.429. The molecular weight excluding hydrogens is 252 g/mol. The van der Waals surface area contributed by atoms with Crippen LogP contribution in [0.1, 0.15) is 56.2 Å². The van der Waals surface area contributed by atoms with E-state index in [4.69, 9.17) is 0 Å². The minimum Gasteiger partial charge on any atom is -0.0654 e. The quantitative estimate of drug-likeness (QED) is 0.538. The third kappa shape index (κ3) is 11.9. The van der Waals surface area contributed by atoms with E-state index in [1.807, 2.05) is 18.2 Å². The number of hydrogen-bond acceptors (Lipinski definition) is 0. The molecule has 0 aliphatic heterocycles. The van der Waals surface area contributed by atoms with Gasteiger partial charge in [-0.15, -0.1) is 0 Å². The Morgan fingerprint density at radius 3 is 1.19 bits per heavy atom. The zero-order chi connectivity index (χ0) is 15.9. The highest BCUT2D eigenvalue weighted by atomic mass is 13.9. The maximum atomic E-state index is 2.23. The predicted molar refractivity (Wildman–Crippen MR) is 96.9 cm³/mol. The molecule has 0 amide bonds. The molecule has 0 aliphatic carbocycles. The van der Waals surface area contributed by atoms with Crippen molar-refractivity contribution in [3.8, 4) is 0 Å². The highest BCUT2D eigenvalue weighted by Crippen LogP contribution is 2.02. The van der Waals surface area contributed by atoms with Crippen molar-refractivity contribution >= 4 is 0 Å². The van der Waals surface area contributed by atoms with Crippen LogP contribution < -0.4 is 0 Å². The monoisotopic (exact) mass is 284 g/mol. The molecule has 0 heteroatoms. The lowest BCUT2D eigenvalue weighted by atomic mass is 10.1. The van der Waals surface area contributed by atoms with Gasteiger partial charge in [0.2, 0.25) is 0 Å². The van der Waals surface area contributed by atoms with Gasteiger partial charge in [0.15, 0.2) is 0 Å². The summed E-state index contributed by atoms with van der Waals surface area (Å²) in [5, 5.41) is 0. The van der Waals surface area contributed by atoms with Crippen molar-refractivity contribution in [2.75, 3.05) is 0 Å². The Bertz CT molecular complexity index is 418. The molecule has 0 heterocycles. The van der Waals surface area contributed by atoms with E-state index in [2.05, 4.69) is 71.0 Å². The Balaban J connectivity index is 0.000000290. The molecular formula is C21H32. The summed E-state index contributed by atoms with van der Waals surface area (Å²) in [6.07, 6.45) is 5.54. The average molecular weight is 284 g/mol. The lowest BCUT2D eigenvalue weighted by Crippen LogP contribution is -1.74. The standard InChI is InChI=1S/C8H10.C7H8.C6H14/c1-7-5-3-4-6-8(7)2;1-7-5-3-2-4-6-7;1-3-5-6-4-2/h3-6H,1-2H3;2-6H,1H3;3-6H2,1-2H3. The van der Waals surface area contributed by atoms with Crippen LogP contribution in [0.2, 0.25) is 0 Å². The fourth-order valence-corrected chi connectivity index (χ4v) is 1.70. The third-order valence-electron chi connectivity index (χ3n) is 3.32. The van der Waals surface area contributed by atoms with Crippen LogP contribution in [0.3, 0.4) is 0 Å². The van der Waals surface area contributed by atoms with E-state index in [9.17, 15) is 0 Å². The van der Waals surface area contributed by atoms with E-state index in [1.54, 1.807) is 0 Å². The van der Waals surface area contributed by atoms with Gasteiger partial charge >= 0.3 is 0 Å². The predicted octanol–water partition coefficient (Wildman–Crippen LogP) is 6.89. The van der Waals surface area contributed by atoms with Crippen molar-refractivity contribution in [3.05, 3.63) is 71.3 Å². The molecule has 0 bridgehead atoms. The summed E-state index contributed by atoms with van der Waals surface area (Å²) in [7, 11) is 0. The van der Waals surface area contributed by atoms with Crippen LogP contribution in [0.4, 0.5) is 0 Å². The van der Waals surface area contributed by atoms with Crippen LogP contribution in [-0.2, 0) is 0 Å². The maximum Gasteiger partial charge on any atom is -0.0395 e. The summed E-state index contributed by atoms with van der Waals surface area (Å²) >= 11 is 0. The zero-order valence-electron chi connectivity index (χ0n) is 14.5. The Morgan fingerprint density at radius 1 is 0.571 bits per heavy atom. The second-order valence-corrected chi connectivity index (χ2v) is 5.45. The number of unbranched alkanes of at least 4 members (excludes halogenated alkanes) is 3. The SMILES string of the molecule is CCCCCC.Cc1ccccc1.Cc1ccccc1C. The van der Waals surface area contributed by atoms with Crippen LogP contribution in [0.15, 0.2) is 54.6 Å². The highest BCUT2D eigenvalue weighted by molar-refractivity contribution is 5.23. The van der Waals surface area contributed by atoms with Gasteiger partial charge in [-0.1, -0.05) is 99.7 Å². The molecule has 2 rings (SSSR count). The minimum atomic E-state index is 1.32. The normalized spacial score (nSPS) is 9.00. The molecule has 0 saturated carbocycles. The van der Waals surface area contributed by atoms with E-state index in [0.29, 0.717) is 0 Å². The third-order valence-corrected chi connectivity index (χ3v) is 3.32. The summed E-state index contributed by atoms with van der Waals surface area (Å²) in [6.45, 7) is 10.8. The highest BCUT2D eigenvalue weighted by Gasteiger charge is 1.83. The van der Waals surface area contributed by atoms with E-state index < -0.39 is 0 Å². The van der Waals surface area contributed by atoms with E-state index >= 15 is 0 Å². The summed E-state index contributed by atoms with van der Waals surface area (Å²) in [5.74, 6) is 0. The van der Waals surface area contributed by atoms with Crippen LogP contribution in [0.5, 0.6) is 0 Å². The van der Waals surface area contributed by atoms with Gasteiger partial charge in [-0.25, -0.2) is 0 Å². The summed E-state index contributed by atoms with van der Waals surface area (Å²) < 4.78 is 0. The van der Waals surface area contributed by atoms with E-state index in [-0.39, 0.29) is 0 Å². The summed E-state index contributed by atoms with van der Waals surface area (Å²) in [4.78, 5) is 0. The molecule has 0 radical (unpaired) electrons. The van der Waals surface area contributed by atoms with Crippen LogP contribution in [0, 0.1) is 20.8 Å². The molecule has 0 nitrogen and oxygen atoms in total. The van der Waals surface area contributed by atoms with Gasteiger partial charge in [-0.2, -0.15) is 0 Å². The molecule has 0 aliphatic rings. The molecule has 0 unspecified atom stereocenters. The lowest BCUT2D eigenvalue weighted by molar-refractivity contribution is 0.702. The van der Waals surface area contributed by atoms with Gasteiger partial charge in [0.25, 0.3) is 0 Å². The van der Waals surface area contributed by atoms with Crippen molar-refractivity contribution in [1.29, 1.82) is 0 Å². The van der Waals surface area contributed by atoms with E-state index in [1.165, 1.54) is 42.4 Å². The summed E-state index contributed by atoms with van der Waals surface area (Å²) in [6, 6.07) is 18.6. The average Bonchev–Trinajstić information content (AvgIpc) is 2.50. The van der Waals surface area contributed by atoms with E-state index in [0.717, 1.165) is 0 Å². The Kier molecular flexibility index (Phi) is 12.4. The molecule has 2 aromatic rings. The van der Waals surface area contributed by atoms with Gasteiger partial charge in [0.05, 0.1) is 0 Å². The first-order valence-corrected chi connectivity index (χ1v) is 8.15.